The highest BCUT2D eigenvalue weighted by Crippen LogP contribution is 2.32. The van der Waals surface area contributed by atoms with Gasteiger partial charge in [0.05, 0.1) is 6.61 Å². The maximum atomic E-state index is 14.6. The van der Waals surface area contributed by atoms with Crippen LogP contribution in [-0.2, 0) is 19.4 Å². The molecule has 10 heteroatoms. The lowest BCUT2D eigenvalue weighted by Gasteiger charge is -2.13. The molecule has 0 aliphatic carbocycles. The van der Waals surface area contributed by atoms with Crippen molar-refractivity contribution in [2.45, 2.75) is 26.3 Å². The second-order valence-electron chi connectivity index (χ2n) is 8.25. The van der Waals surface area contributed by atoms with E-state index in [1.54, 1.807) is 29.2 Å². The molecule has 9 nitrogen and oxygen atoms in total. The van der Waals surface area contributed by atoms with E-state index in [9.17, 15) is 9.50 Å². The standard InChI is InChI=1S/C24H22FN7O2/c1-14-2-3-17(22-26-10-15(6-8-33)32(14)22)19-12-28-24(31-13-29-30-23(19)31)27-11-18-16-7-9-34-21(16)5-4-20(18)25/h2-5,10,12-13,33H,6-9,11H2,1H3,(H,27,28). The molecule has 0 spiro atoms. The van der Waals surface area contributed by atoms with Gasteiger partial charge >= 0.3 is 0 Å². The van der Waals surface area contributed by atoms with Gasteiger partial charge in [-0.15, -0.1) is 10.2 Å². The third kappa shape index (κ3) is 3.18. The minimum Gasteiger partial charge on any atom is -0.493 e. The largest absolute Gasteiger partial charge is 0.493 e. The normalized spacial score (nSPS) is 12.9. The second-order valence-corrected chi connectivity index (χ2v) is 8.25. The Balaban J connectivity index is 1.39. The Labute approximate surface area is 193 Å². The van der Waals surface area contributed by atoms with Crippen LogP contribution in [-0.4, -0.2) is 47.3 Å². The molecule has 0 fully saturated rings. The molecule has 0 saturated heterocycles. The number of aryl methyl sites for hydroxylation is 1. The summed E-state index contributed by atoms with van der Waals surface area (Å²) in [7, 11) is 0. The fourth-order valence-corrected chi connectivity index (χ4v) is 4.64. The van der Waals surface area contributed by atoms with E-state index in [0.717, 1.165) is 39.5 Å². The van der Waals surface area contributed by atoms with E-state index in [0.29, 0.717) is 36.6 Å². The van der Waals surface area contributed by atoms with Gasteiger partial charge in [-0.3, -0.25) is 4.40 Å². The van der Waals surface area contributed by atoms with Crippen LogP contribution in [0.5, 0.6) is 5.75 Å². The number of hydrogen-bond donors (Lipinski definition) is 2. The quantitative estimate of drug-likeness (QED) is 0.403. The Morgan fingerprint density at radius 3 is 2.91 bits per heavy atom. The van der Waals surface area contributed by atoms with Gasteiger partial charge in [-0.05, 0) is 31.2 Å². The topological polar surface area (TPSA) is 102 Å². The van der Waals surface area contributed by atoms with Gasteiger partial charge in [0.2, 0.25) is 5.95 Å². The number of imidazole rings is 1. The van der Waals surface area contributed by atoms with Gasteiger partial charge in [-0.2, -0.15) is 0 Å². The molecule has 1 aromatic carbocycles. The van der Waals surface area contributed by atoms with E-state index in [-0.39, 0.29) is 19.0 Å². The van der Waals surface area contributed by atoms with Crippen LogP contribution in [0.25, 0.3) is 22.4 Å². The highest BCUT2D eigenvalue weighted by Gasteiger charge is 2.21. The average molecular weight is 459 g/mol. The molecule has 1 aliphatic heterocycles. The fraction of sp³-hybridized carbons (Fsp3) is 0.250. The first-order valence-electron chi connectivity index (χ1n) is 11.1. The van der Waals surface area contributed by atoms with Crippen LogP contribution in [0.3, 0.4) is 0 Å². The number of aliphatic hydroxyl groups excluding tert-OH is 1. The molecule has 6 rings (SSSR count). The van der Waals surface area contributed by atoms with Crippen molar-refractivity contribution in [2.24, 2.45) is 0 Å². The SMILES string of the molecule is Cc1ccc(-c2cnc(NCc3c(F)ccc4c3CCO4)n3cnnc23)c2ncc(CCO)n12. The van der Waals surface area contributed by atoms with Crippen LogP contribution in [0, 0.1) is 12.7 Å². The van der Waals surface area contributed by atoms with Gasteiger partial charge in [0, 0.05) is 72.0 Å². The lowest BCUT2D eigenvalue weighted by Crippen LogP contribution is -2.10. The smallest absolute Gasteiger partial charge is 0.210 e. The zero-order chi connectivity index (χ0) is 23.2. The van der Waals surface area contributed by atoms with E-state index in [1.165, 1.54) is 6.07 Å². The summed E-state index contributed by atoms with van der Waals surface area (Å²) in [5, 5.41) is 21.1. The van der Waals surface area contributed by atoms with Crippen molar-refractivity contribution < 1.29 is 14.2 Å². The van der Waals surface area contributed by atoms with E-state index < -0.39 is 0 Å². The van der Waals surface area contributed by atoms with Crippen LogP contribution in [0.15, 0.2) is 43.0 Å². The maximum Gasteiger partial charge on any atom is 0.210 e. The number of hydrogen-bond acceptors (Lipinski definition) is 7. The number of benzene rings is 1. The number of rotatable bonds is 6. The predicted octanol–water partition coefficient (Wildman–Crippen LogP) is 2.97. The third-order valence-electron chi connectivity index (χ3n) is 6.27. The highest BCUT2D eigenvalue weighted by atomic mass is 19.1. The first-order chi connectivity index (χ1) is 16.7. The number of aromatic nitrogens is 6. The number of ether oxygens (including phenoxy) is 1. The van der Waals surface area contributed by atoms with Crippen molar-refractivity contribution in [1.29, 1.82) is 0 Å². The van der Waals surface area contributed by atoms with E-state index in [2.05, 4.69) is 25.5 Å². The fourth-order valence-electron chi connectivity index (χ4n) is 4.64. The van der Waals surface area contributed by atoms with Crippen LogP contribution in [0.1, 0.15) is 22.5 Å². The molecule has 0 bridgehead atoms. The summed E-state index contributed by atoms with van der Waals surface area (Å²) in [5.74, 6) is 0.972. The van der Waals surface area contributed by atoms with Crippen molar-refractivity contribution in [1.82, 2.24) is 29.0 Å². The van der Waals surface area contributed by atoms with Crippen LogP contribution in [0.4, 0.5) is 10.3 Å². The molecule has 2 N–H and O–H groups in total. The maximum absolute atomic E-state index is 14.6. The van der Waals surface area contributed by atoms with Gasteiger partial charge in [-0.25, -0.2) is 14.4 Å². The van der Waals surface area contributed by atoms with Gasteiger partial charge in [0.1, 0.15) is 23.5 Å². The number of fused-ring (bicyclic) bond motifs is 3. The molecule has 0 radical (unpaired) electrons. The summed E-state index contributed by atoms with van der Waals surface area (Å²) in [4.78, 5) is 9.21. The number of nitrogens with zero attached hydrogens (tertiary/aromatic N) is 6. The van der Waals surface area contributed by atoms with Crippen LogP contribution < -0.4 is 10.1 Å². The predicted molar refractivity (Wildman–Crippen MR) is 123 cm³/mol. The van der Waals surface area contributed by atoms with E-state index in [4.69, 9.17) is 4.74 Å². The summed E-state index contributed by atoms with van der Waals surface area (Å²) in [6.45, 7) is 2.87. The van der Waals surface area contributed by atoms with Crippen molar-refractivity contribution in [3.63, 3.8) is 0 Å². The molecular weight excluding hydrogens is 437 g/mol. The van der Waals surface area contributed by atoms with E-state index in [1.807, 2.05) is 23.5 Å². The Morgan fingerprint density at radius 1 is 1.12 bits per heavy atom. The highest BCUT2D eigenvalue weighted by molar-refractivity contribution is 5.86. The number of nitrogens with one attached hydrogen (secondary N) is 1. The number of aliphatic hydroxyl groups is 1. The molecule has 0 atom stereocenters. The third-order valence-corrected chi connectivity index (χ3v) is 6.27. The van der Waals surface area contributed by atoms with Crippen molar-refractivity contribution >= 4 is 17.2 Å². The lowest BCUT2D eigenvalue weighted by atomic mass is 10.0. The monoisotopic (exact) mass is 459 g/mol. The van der Waals surface area contributed by atoms with Gasteiger partial charge < -0.3 is 19.6 Å². The zero-order valence-corrected chi connectivity index (χ0v) is 18.5. The van der Waals surface area contributed by atoms with Crippen LogP contribution >= 0.6 is 0 Å². The molecule has 0 unspecified atom stereocenters. The lowest BCUT2D eigenvalue weighted by molar-refractivity contribution is 0.298. The van der Waals surface area contributed by atoms with Gasteiger partial charge in [0.25, 0.3) is 0 Å². The average Bonchev–Trinajstić information content (AvgIpc) is 3.59. The summed E-state index contributed by atoms with van der Waals surface area (Å²) in [6.07, 6.45) is 6.29. The minimum atomic E-state index is -0.270. The molecule has 0 saturated carbocycles. The molecular formula is C24H22FN7O2. The van der Waals surface area contributed by atoms with Gasteiger partial charge in [0.15, 0.2) is 5.65 Å². The summed E-state index contributed by atoms with van der Waals surface area (Å²) in [5.41, 5.74) is 6.42. The molecule has 34 heavy (non-hydrogen) atoms. The van der Waals surface area contributed by atoms with Crippen LogP contribution in [0.2, 0.25) is 0 Å². The number of halogens is 1. The second kappa shape index (κ2) is 8.07. The molecule has 5 heterocycles. The first kappa shape index (κ1) is 20.5. The molecule has 4 aromatic heterocycles. The van der Waals surface area contributed by atoms with Crippen molar-refractivity contribution in [2.75, 3.05) is 18.5 Å². The molecule has 0 amide bonds. The molecule has 172 valence electrons. The number of anilines is 1. The first-order valence-corrected chi connectivity index (χ1v) is 11.1. The van der Waals surface area contributed by atoms with E-state index >= 15 is 0 Å². The van der Waals surface area contributed by atoms with Gasteiger partial charge in [-0.1, -0.05) is 0 Å². The molecule has 1 aliphatic rings. The Hall–Kier alpha value is -4.05. The van der Waals surface area contributed by atoms with Crippen molar-refractivity contribution in [3.8, 4) is 16.9 Å². The summed E-state index contributed by atoms with van der Waals surface area (Å²) < 4.78 is 23.9. The Morgan fingerprint density at radius 2 is 2.03 bits per heavy atom. The Bertz CT molecular complexity index is 1540. The zero-order valence-electron chi connectivity index (χ0n) is 18.5. The number of pyridine rings is 1. The summed E-state index contributed by atoms with van der Waals surface area (Å²) >= 11 is 0. The summed E-state index contributed by atoms with van der Waals surface area (Å²) in [6, 6.07) is 7.10. The minimum absolute atomic E-state index is 0.0468. The van der Waals surface area contributed by atoms with Crippen molar-refractivity contribution in [3.05, 3.63) is 71.3 Å². The molecule has 5 aromatic rings. The Kier molecular flexibility index (Phi) is 4.88.